The molecule has 1 unspecified atom stereocenters. The SMILES string of the molecule is CC(Oc1ccccc1)c1nc(-c2ccccc2)n[nH]1. The zero-order valence-corrected chi connectivity index (χ0v) is 11.2. The lowest BCUT2D eigenvalue weighted by Gasteiger charge is -2.11. The average molecular weight is 265 g/mol. The van der Waals surface area contributed by atoms with Crippen LogP contribution in [0.15, 0.2) is 60.7 Å². The fourth-order valence-corrected chi connectivity index (χ4v) is 1.93. The fraction of sp³-hybridized carbons (Fsp3) is 0.125. The van der Waals surface area contributed by atoms with E-state index in [9.17, 15) is 0 Å². The number of benzene rings is 2. The molecule has 100 valence electrons. The van der Waals surface area contributed by atoms with E-state index in [0.717, 1.165) is 11.3 Å². The van der Waals surface area contributed by atoms with Crippen LogP contribution in [-0.2, 0) is 0 Å². The first kappa shape index (κ1) is 12.4. The van der Waals surface area contributed by atoms with Gasteiger partial charge in [-0.3, -0.25) is 5.10 Å². The van der Waals surface area contributed by atoms with Crippen molar-refractivity contribution in [1.82, 2.24) is 15.2 Å². The summed E-state index contributed by atoms with van der Waals surface area (Å²) in [4.78, 5) is 4.48. The van der Waals surface area contributed by atoms with Crippen LogP contribution in [0.2, 0.25) is 0 Å². The van der Waals surface area contributed by atoms with E-state index in [-0.39, 0.29) is 6.10 Å². The molecular formula is C16H15N3O. The number of aromatic nitrogens is 3. The summed E-state index contributed by atoms with van der Waals surface area (Å²) in [7, 11) is 0. The Morgan fingerprint density at radius 3 is 2.30 bits per heavy atom. The number of rotatable bonds is 4. The van der Waals surface area contributed by atoms with E-state index in [1.165, 1.54) is 0 Å². The molecule has 1 heterocycles. The molecule has 0 radical (unpaired) electrons. The van der Waals surface area contributed by atoms with Gasteiger partial charge in [-0.25, -0.2) is 4.98 Å². The topological polar surface area (TPSA) is 50.8 Å². The average Bonchev–Trinajstić information content (AvgIpc) is 2.99. The number of nitrogens with zero attached hydrogens (tertiary/aromatic N) is 2. The van der Waals surface area contributed by atoms with Crippen LogP contribution in [0.25, 0.3) is 11.4 Å². The molecule has 0 aliphatic rings. The first-order valence-corrected chi connectivity index (χ1v) is 6.52. The summed E-state index contributed by atoms with van der Waals surface area (Å²) in [5.74, 6) is 2.22. The van der Waals surface area contributed by atoms with Crippen molar-refractivity contribution in [3.05, 3.63) is 66.5 Å². The first-order valence-electron chi connectivity index (χ1n) is 6.52. The van der Waals surface area contributed by atoms with Gasteiger partial charge in [0.25, 0.3) is 0 Å². The molecule has 2 aromatic carbocycles. The molecule has 0 bridgehead atoms. The largest absolute Gasteiger partial charge is 0.483 e. The molecule has 1 aromatic heterocycles. The van der Waals surface area contributed by atoms with E-state index in [1.807, 2.05) is 67.6 Å². The van der Waals surface area contributed by atoms with Crippen LogP contribution in [0, 0.1) is 0 Å². The van der Waals surface area contributed by atoms with E-state index >= 15 is 0 Å². The predicted molar refractivity (Wildman–Crippen MR) is 77.3 cm³/mol. The third kappa shape index (κ3) is 2.69. The minimum atomic E-state index is -0.178. The molecule has 0 amide bonds. The number of hydrogen-bond donors (Lipinski definition) is 1. The molecule has 4 nitrogen and oxygen atoms in total. The second kappa shape index (κ2) is 5.57. The molecule has 0 fully saturated rings. The van der Waals surface area contributed by atoms with Gasteiger partial charge in [0.2, 0.25) is 0 Å². The van der Waals surface area contributed by atoms with Crippen molar-refractivity contribution in [3.63, 3.8) is 0 Å². The highest BCUT2D eigenvalue weighted by Crippen LogP contribution is 2.21. The Bertz CT molecular complexity index is 664. The van der Waals surface area contributed by atoms with E-state index < -0.39 is 0 Å². The van der Waals surface area contributed by atoms with Gasteiger partial charge in [-0.05, 0) is 19.1 Å². The van der Waals surface area contributed by atoms with Crippen LogP contribution in [0.5, 0.6) is 5.75 Å². The minimum absolute atomic E-state index is 0.178. The van der Waals surface area contributed by atoms with Gasteiger partial charge < -0.3 is 4.74 Å². The predicted octanol–water partition coefficient (Wildman–Crippen LogP) is 3.61. The standard InChI is InChI=1S/C16H15N3O/c1-12(20-14-10-6-3-7-11-14)15-17-16(19-18-15)13-8-4-2-5-9-13/h2-12H,1H3,(H,17,18,19). The molecular weight excluding hydrogens is 250 g/mol. The number of hydrogen-bond acceptors (Lipinski definition) is 3. The smallest absolute Gasteiger partial charge is 0.181 e. The van der Waals surface area contributed by atoms with Crippen LogP contribution < -0.4 is 4.74 Å². The Labute approximate surface area is 117 Å². The highest BCUT2D eigenvalue weighted by Gasteiger charge is 2.13. The maximum Gasteiger partial charge on any atom is 0.181 e. The Morgan fingerprint density at radius 1 is 0.950 bits per heavy atom. The monoisotopic (exact) mass is 265 g/mol. The van der Waals surface area contributed by atoms with Gasteiger partial charge in [-0.15, -0.1) is 0 Å². The molecule has 4 heteroatoms. The maximum atomic E-state index is 5.82. The van der Waals surface area contributed by atoms with Crippen molar-refractivity contribution in [2.45, 2.75) is 13.0 Å². The third-order valence-corrected chi connectivity index (χ3v) is 2.98. The summed E-state index contributed by atoms with van der Waals surface area (Å²) in [5, 5.41) is 7.17. The number of H-pyrrole nitrogens is 1. The molecule has 0 spiro atoms. The molecule has 0 aliphatic carbocycles. The third-order valence-electron chi connectivity index (χ3n) is 2.98. The van der Waals surface area contributed by atoms with Crippen molar-refractivity contribution in [1.29, 1.82) is 0 Å². The highest BCUT2D eigenvalue weighted by atomic mass is 16.5. The number of aromatic amines is 1. The second-order valence-corrected chi connectivity index (χ2v) is 4.48. The van der Waals surface area contributed by atoms with Crippen molar-refractivity contribution in [2.75, 3.05) is 0 Å². The van der Waals surface area contributed by atoms with Crippen LogP contribution in [-0.4, -0.2) is 15.2 Å². The van der Waals surface area contributed by atoms with E-state index in [2.05, 4.69) is 15.2 Å². The number of ether oxygens (including phenoxy) is 1. The molecule has 0 saturated carbocycles. The normalized spacial score (nSPS) is 12.1. The highest BCUT2D eigenvalue weighted by molar-refractivity contribution is 5.53. The molecule has 1 atom stereocenters. The van der Waals surface area contributed by atoms with Crippen molar-refractivity contribution in [2.24, 2.45) is 0 Å². The summed E-state index contributed by atoms with van der Waals surface area (Å²) in [6, 6.07) is 19.6. The van der Waals surface area contributed by atoms with Gasteiger partial charge in [-0.1, -0.05) is 48.5 Å². The molecule has 3 rings (SSSR count). The van der Waals surface area contributed by atoms with Crippen molar-refractivity contribution in [3.8, 4) is 17.1 Å². The van der Waals surface area contributed by atoms with Crippen LogP contribution >= 0.6 is 0 Å². The van der Waals surface area contributed by atoms with Gasteiger partial charge in [0.05, 0.1) is 0 Å². The molecule has 0 saturated heterocycles. The minimum Gasteiger partial charge on any atom is -0.483 e. The lowest BCUT2D eigenvalue weighted by Crippen LogP contribution is -2.05. The number of para-hydroxylation sites is 1. The molecule has 1 N–H and O–H groups in total. The zero-order valence-electron chi connectivity index (χ0n) is 11.2. The van der Waals surface area contributed by atoms with Gasteiger partial charge in [0.15, 0.2) is 17.8 Å². The number of nitrogens with one attached hydrogen (secondary N) is 1. The van der Waals surface area contributed by atoms with Crippen molar-refractivity contribution < 1.29 is 4.74 Å². The maximum absolute atomic E-state index is 5.82. The Kier molecular flexibility index (Phi) is 3.46. The lowest BCUT2D eigenvalue weighted by atomic mass is 10.2. The van der Waals surface area contributed by atoms with E-state index in [1.54, 1.807) is 0 Å². The summed E-state index contributed by atoms with van der Waals surface area (Å²) < 4.78 is 5.82. The quantitative estimate of drug-likeness (QED) is 0.784. The summed E-state index contributed by atoms with van der Waals surface area (Å²) >= 11 is 0. The molecule has 20 heavy (non-hydrogen) atoms. The van der Waals surface area contributed by atoms with Gasteiger partial charge in [0.1, 0.15) is 5.75 Å². The van der Waals surface area contributed by atoms with Gasteiger partial charge in [-0.2, -0.15) is 5.10 Å². The van der Waals surface area contributed by atoms with Crippen LogP contribution in [0.1, 0.15) is 18.9 Å². The Balaban J connectivity index is 1.77. The fourth-order valence-electron chi connectivity index (χ4n) is 1.93. The van der Waals surface area contributed by atoms with Crippen LogP contribution in [0.4, 0.5) is 0 Å². The lowest BCUT2D eigenvalue weighted by molar-refractivity contribution is 0.217. The Morgan fingerprint density at radius 2 is 1.60 bits per heavy atom. The molecule has 0 aliphatic heterocycles. The summed E-state index contributed by atoms with van der Waals surface area (Å²) in [5.41, 5.74) is 0.988. The van der Waals surface area contributed by atoms with Crippen LogP contribution in [0.3, 0.4) is 0 Å². The van der Waals surface area contributed by atoms with Crippen molar-refractivity contribution >= 4 is 0 Å². The molecule has 3 aromatic rings. The summed E-state index contributed by atoms with van der Waals surface area (Å²) in [6.45, 7) is 1.95. The van der Waals surface area contributed by atoms with E-state index in [0.29, 0.717) is 11.6 Å². The summed E-state index contributed by atoms with van der Waals surface area (Å²) in [6.07, 6.45) is -0.178. The second-order valence-electron chi connectivity index (χ2n) is 4.48. The first-order chi connectivity index (χ1) is 9.83. The zero-order chi connectivity index (χ0) is 13.8. The Hall–Kier alpha value is -2.62. The van der Waals surface area contributed by atoms with Gasteiger partial charge in [0, 0.05) is 5.56 Å². The van der Waals surface area contributed by atoms with E-state index in [4.69, 9.17) is 4.74 Å². The van der Waals surface area contributed by atoms with Gasteiger partial charge >= 0.3 is 0 Å².